The second-order valence-corrected chi connectivity index (χ2v) is 8.76. The van der Waals surface area contributed by atoms with Crippen molar-refractivity contribution in [2.75, 3.05) is 46.3 Å². The van der Waals surface area contributed by atoms with E-state index in [4.69, 9.17) is 5.10 Å². The molecule has 1 aliphatic heterocycles. The van der Waals surface area contributed by atoms with Crippen LogP contribution in [0.25, 0.3) is 22.3 Å². The van der Waals surface area contributed by atoms with Crippen molar-refractivity contribution in [3.8, 4) is 16.3 Å². The number of nitrogens with one attached hydrogen (secondary N) is 1. The molecule has 162 valence electrons. The average molecular weight is 436 g/mol. The fraction of sp³-hybridized carbons (Fsp3) is 0.333. The molecule has 0 saturated carbocycles. The SMILES string of the molecule is CN1CCN(CCCNC(=O)C=Cc2cn(-c3ccccc3)nc2-c2cccs2)CC1. The molecule has 1 N–H and O–H groups in total. The molecule has 4 rings (SSSR count). The molecular formula is C24H29N5OS. The molecule has 0 atom stereocenters. The minimum Gasteiger partial charge on any atom is -0.353 e. The Kier molecular flexibility index (Phi) is 7.30. The number of amides is 1. The van der Waals surface area contributed by atoms with Gasteiger partial charge in [-0.15, -0.1) is 11.3 Å². The number of rotatable bonds is 8. The number of para-hydroxylation sites is 1. The summed E-state index contributed by atoms with van der Waals surface area (Å²) in [5.41, 5.74) is 2.81. The third-order valence-electron chi connectivity index (χ3n) is 5.48. The van der Waals surface area contributed by atoms with Crippen molar-refractivity contribution < 1.29 is 4.79 Å². The molecule has 6 nitrogen and oxygen atoms in total. The van der Waals surface area contributed by atoms with Crippen LogP contribution in [-0.4, -0.2) is 71.8 Å². The highest BCUT2D eigenvalue weighted by molar-refractivity contribution is 7.13. The van der Waals surface area contributed by atoms with E-state index in [9.17, 15) is 4.79 Å². The van der Waals surface area contributed by atoms with Gasteiger partial charge in [0, 0.05) is 50.6 Å². The molecule has 1 amide bonds. The van der Waals surface area contributed by atoms with Gasteiger partial charge in [-0.1, -0.05) is 24.3 Å². The number of likely N-dealkylation sites (N-methyl/N-ethyl adjacent to an activating group) is 1. The van der Waals surface area contributed by atoms with Gasteiger partial charge in [0.2, 0.25) is 5.91 Å². The van der Waals surface area contributed by atoms with Gasteiger partial charge in [0.1, 0.15) is 5.69 Å². The van der Waals surface area contributed by atoms with E-state index in [0.29, 0.717) is 6.54 Å². The highest BCUT2D eigenvalue weighted by Crippen LogP contribution is 2.28. The lowest BCUT2D eigenvalue weighted by atomic mass is 10.2. The molecule has 0 spiro atoms. The van der Waals surface area contributed by atoms with Crippen LogP contribution < -0.4 is 5.32 Å². The quantitative estimate of drug-likeness (QED) is 0.435. The minimum absolute atomic E-state index is 0.0667. The molecule has 0 bridgehead atoms. The van der Waals surface area contributed by atoms with Gasteiger partial charge in [0.15, 0.2) is 0 Å². The van der Waals surface area contributed by atoms with Crippen molar-refractivity contribution in [3.05, 3.63) is 65.7 Å². The van der Waals surface area contributed by atoms with E-state index in [2.05, 4.69) is 28.2 Å². The molecule has 1 aliphatic rings. The summed E-state index contributed by atoms with van der Waals surface area (Å²) in [5, 5.41) is 9.81. The van der Waals surface area contributed by atoms with Crippen LogP contribution in [0, 0.1) is 0 Å². The summed E-state index contributed by atoms with van der Waals surface area (Å²) in [6.45, 7) is 6.19. The molecule has 0 radical (unpaired) electrons. The summed E-state index contributed by atoms with van der Waals surface area (Å²) in [6, 6.07) is 14.1. The number of carbonyl (C=O) groups is 1. The molecule has 3 heterocycles. The lowest BCUT2D eigenvalue weighted by molar-refractivity contribution is -0.116. The Labute approximate surface area is 187 Å². The number of carbonyl (C=O) groups excluding carboxylic acids is 1. The normalized spacial score (nSPS) is 15.5. The van der Waals surface area contributed by atoms with Crippen molar-refractivity contribution in [1.29, 1.82) is 0 Å². The van der Waals surface area contributed by atoms with Gasteiger partial charge < -0.3 is 15.1 Å². The number of thiophene rings is 1. The first-order chi connectivity index (χ1) is 15.2. The van der Waals surface area contributed by atoms with Gasteiger partial charge in [-0.3, -0.25) is 4.79 Å². The minimum atomic E-state index is -0.0667. The van der Waals surface area contributed by atoms with E-state index >= 15 is 0 Å². The second-order valence-electron chi connectivity index (χ2n) is 7.81. The van der Waals surface area contributed by atoms with Crippen molar-refractivity contribution in [2.24, 2.45) is 0 Å². The molecule has 1 aromatic carbocycles. The third kappa shape index (κ3) is 5.91. The van der Waals surface area contributed by atoms with Crippen LogP contribution in [-0.2, 0) is 4.79 Å². The highest BCUT2D eigenvalue weighted by Gasteiger charge is 2.13. The summed E-state index contributed by atoms with van der Waals surface area (Å²) >= 11 is 1.65. The summed E-state index contributed by atoms with van der Waals surface area (Å²) in [4.78, 5) is 18.2. The Morgan fingerprint density at radius 1 is 1.13 bits per heavy atom. The van der Waals surface area contributed by atoms with Gasteiger partial charge in [-0.25, -0.2) is 4.68 Å². The first-order valence-corrected chi connectivity index (χ1v) is 11.6. The van der Waals surface area contributed by atoms with Crippen molar-refractivity contribution in [3.63, 3.8) is 0 Å². The van der Waals surface area contributed by atoms with Crippen LogP contribution in [0.5, 0.6) is 0 Å². The molecule has 7 heteroatoms. The van der Waals surface area contributed by atoms with Gasteiger partial charge in [-0.2, -0.15) is 5.10 Å². The molecular weight excluding hydrogens is 406 g/mol. The highest BCUT2D eigenvalue weighted by atomic mass is 32.1. The first kappa shape index (κ1) is 21.5. The van der Waals surface area contributed by atoms with E-state index in [1.807, 2.05) is 58.7 Å². The van der Waals surface area contributed by atoms with E-state index in [1.54, 1.807) is 17.4 Å². The largest absolute Gasteiger partial charge is 0.353 e. The summed E-state index contributed by atoms with van der Waals surface area (Å²) < 4.78 is 1.86. The number of piperazine rings is 1. The van der Waals surface area contributed by atoms with Gasteiger partial charge in [-0.05, 0) is 49.7 Å². The Morgan fingerprint density at radius 2 is 1.94 bits per heavy atom. The Hall–Kier alpha value is -2.74. The fourth-order valence-electron chi connectivity index (χ4n) is 3.64. The lowest BCUT2D eigenvalue weighted by Gasteiger charge is -2.32. The molecule has 31 heavy (non-hydrogen) atoms. The van der Waals surface area contributed by atoms with Gasteiger partial charge in [0.25, 0.3) is 0 Å². The maximum atomic E-state index is 12.3. The zero-order valence-corrected chi connectivity index (χ0v) is 18.7. The summed E-state index contributed by atoms with van der Waals surface area (Å²) in [5.74, 6) is -0.0667. The molecule has 0 aliphatic carbocycles. The average Bonchev–Trinajstić information content (AvgIpc) is 3.47. The number of nitrogens with zero attached hydrogens (tertiary/aromatic N) is 4. The van der Waals surface area contributed by atoms with Crippen LogP contribution in [0.2, 0.25) is 0 Å². The number of hydrogen-bond donors (Lipinski definition) is 1. The molecule has 0 unspecified atom stereocenters. The van der Waals surface area contributed by atoms with E-state index in [0.717, 1.165) is 61.0 Å². The van der Waals surface area contributed by atoms with E-state index in [-0.39, 0.29) is 5.91 Å². The van der Waals surface area contributed by atoms with Crippen LogP contribution >= 0.6 is 11.3 Å². The fourth-order valence-corrected chi connectivity index (χ4v) is 4.37. The third-order valence-corrected chi connectivity index (χ3v) is 6.35. The predicted molar refractivity (Wildman–Crippen MR) is 127 cm³/mol. The van der Waals surface area contributed by atoms with Crippen LogP contribution in [0.15, 0.2) is 60.1 Å². The molecule has 1 saturated heterocycles. The van der Waals surface area contributed by atoms with Crippen LogP contribution in [0.4, 0.5) is 0 Å². The molecule has 3 aromatic rings. The molecule has 2 aromatic heterocycles. The first-order valence-electron chi connectivity index (χ1n) is 10.7. The lowest BCUT2D eigenvalue weighted by Crippen LogP contribution is -2.45. The Morgan fingerprint density at radius 3 is 2.68 bits per heavy atom. The van der Waals surface area contributed by atoms with Gasteiger partial charge in [0.05, 0.1) is 10.6 Å². The monoisotopic (exact) mass is 435 g/mol. The van der Waals surface area contributed by atoms with Crippen LogP contribution in [0.1, 0.15) is 12.0 Å². The number of benzene rings is 1. The second kappa shape index (κ2) is 10.5. The Bertz CT molecular complexity index is 988. The van der Waals surface area contributed by atoms with Crippen molar-refractivity contribution in [1.82, 2.24) is 24.9 Å². The van der Waals surface area contributed by atoms with Crippen molar-refractivity contribution in [2.45, 2.75) is 6.42 Å². The Balaban J connectivity index is 1.35. The summed E-state index contributed by atoms with van der Waals surface area (Å²) in [6.07, 6.45) is 6.41. The topological polar surface area (TPSA) is 53.4 Å². The number of hydrogen-bond acceptors (Lipinski definition) is 5. The maximum absolute atomic E-state index is 12.3. The smallest absolute Gasteiger partial charge is 0.244 e. The summed E-state index contributed by atoms with van der Waals surface area (Å²) in [7, 11) is 2.16. The standard InChI is InChI=1S/C24H29N5OS/c1-27-14-16-28(17-15-27)13-6-12-25-23(30)11-10-20-19-29(21-7-3-2-4-8-21)26-24(20)22-9-5-18-31-22/h2-5,7-11,18-19H,6,12-17H2,1H3,(H,25,30). The molecule has 1 fully saturated rings. The van der Waals surface area contributed by atoms with Crippen molar-refractivity contribution >= 4 is 23.3 Å². The zero-order chi connectivity index (χ0) is 21.5. The van der Waals surface area contributed by atoms with Gasteiger partial charge >= 0.3 is 0 Å². The maximum Gasteiger partial charge on any atom is 0.244 e. The zero-order valence-electron chi connectivity index (χ0n) is 17.9. The van der Waals surface area contributed by atoms with Crippen LogP contribution in [0.3, 0.4) is 0 Å². The predicted octanol–water partition coefficient (Wildman–Crippen LogP) is 3.37. The van der Waals surface area contributed by atoms with E-state index in [1.165, 1.54) is 0 Å². The van der Waals surface area contributed by atoms with E-state index < -0.39 is 0 Å². The number of aromatic nitrogens is 2.